The van der Waals surface area contributed by atoms with Crippen LogP contribution < -0.4 is 26.4 Å². The number of benzene rings is 1. The van der Waals surface area contributed by atoms with Crippen molar-refractivity contribution < 1.29 is 87.1 Å². The summed E-state index contributed by atoms with van der Waals surface area (Å²) in [7, 11) is 0. The van der Waals surface area contributed by atoms with Crippen molar-refractivity contribution in [3.8, 4) is 5.75 Å². The number of ether oxygens (including phenoxy) is 3. The number of ketones is 4. The first-order chi connectivity index (χ1) is 34.6. The zero-order valence-corrected chi connectivity index (χ0v) is 41.7. The quantitative estimate of drug-likeness (QED) is 0.168. The van der Waals surface area contributed by atoms with Crippen LogP contribution in [0, 0.1) is 11.8 Å². The average Bonchev–Trinajstić information content (AvgIpc) is 3.84. The van der Waals surface area contributed by atoms with E-state index in [-0.39, 0.29) is 101 Å². The maximum absolute atomic E-state index is 13.9. The molecule has 6 N–H and O–H groups in total. The molecule has 3 aliphatic heterocycles. The van der Waals surface area contributed by atoms with E-state index in [9.17, 15) is 57.5 Å². The zero-order chi connectivity index (χ0) is 54.4. The fourth-order valence-electron chi connectivity index (χ4n) is 7.94. The Labute approximate surface area is 421 Å². The van der Waals surface area contributed by atoms with Gasteiger partial charge in [0.05, 0.1) is 42.9 Å². The Morgan fingerprint density at radius 3 is 1.51 bits per heavy atom. The van der Waals surface area contributed by atoms with E-state index < -0.39 is 106 Å². The summed E-state index contributed by atoms with van der Waals surface area (Å²) in [6.45, 7) is 7.48. The zero-order valence-electron chi connectivity index (χ0n) is 41.7. The van der Waals surface area contributed by atoms with Crippen LogP contribution in [0.3, 0.4) is 0 Å². The minimum atomic E-state index is -1.88. The normalized spacial score (nSPS) is 25.1. The Morgan fingerprint density at radius 1 is 0.630 bits per heavy atom. The van der Waals surface area contributed by atoms with E-state index in [4.69, 9.17) is 23.8 Å². The van der Waals surface area contributed by atoms with Gasteiger partial charge >= 0.3 is 12.1 Å². The average molecular weight is 1020 g/mol. The molecule has 23 heteroatoms. The van der Waals surface area contributed by atoms with Gasteiger partial charge in [0.25, 0.3) is 23.6 Å². The lowest BCUT2D eigenvalue weighted by atomic mass is 9.91. The first-order valence-electron chi connectivity index (χ1n) is 24.1. The fourth-order valence-corrected chi connectivity index (χ4v) is 7.94. The molecule has 3 heterocycles. The van der Waals surface area contributed by atoms with Crippen molar-refractivity contribution >= 4 is 82.3 Å². The van der Waals surface area contributed by atoms with Crippen LogP contribution in [0.1, 0.15) is 104 Å². The second-order valence-electron chi connectivity index (χ2n) is 17.9. The number of amides is 7. The largest absolute Gasteiger partial charge is 0.424 e. The number of carbonyl (C=O) groups excluding carboxylic acids is 14. The molecule has 0 radical (unpaired) electrons. The first kappa shape index (κ1) is 60.1. The predicted octanol–water partition coefficient (Wildman–Crippen LogP) is 0.213. The maximum atomic E-state index is 13.9. The van der Waals surface area contributed by atoms with E-state index >= 15 is 0 Å². The third kappa shape index (κ3) is 18.7. The molecule has 73 heavy (non-hydrogen) atoms. The molecular weight excluding hydrogens is 957 g/mol. The Morgan fingerprint density at radius 2 is 1.07 bits per heavy atom. The number of hydrogen-bond donors (Lipinski definition) is 4. The molecule has 0 saturated carbocycles. The number of anilines is 1. The summed E-state index contributed by atoms with van der Waals surface area (Å²) in [6.07, 6.45) is 4.42. The maximum Gasteiger partial charge on any atom is 0.373 e. The minimum absolute atomic E-state index is 0.0130. The molecular formula is C50H65N6O17+. The molecule has 0 aromatic heterocycles. The number of imide groups is 2. The highest BCUT2D eigenvalue weighted by Gasteiger charge is 2.49. The number of esters is 1. The van der Waals surface area contributed by atoms with E-state index in [1.807, 2.05) is 6.92 Å². The number of fused-ring (bicyclic) bond motifs is 1. The molecule has 1 aromatic carbocycles. The van der Waals surface area contributed by atoms with Crippen molar-refractivity contribution in [3.63, 3.8) is 0 Å². The van der Waals surface area contributed by atoms with Crippen molar-refractivity contribution in [2.45, 2.75) is 135 Å². The molecule has 7 amide bonds. The molecule has 0 bridgehead atoms. The summed E-state index contributed by atoms with van der Waals surface area (Å²) < 4.78 is 16.8. The van der Waals surface area contributed by atoms with Crippen LogP contribution >= 0.6 is 0 Å². The smallest absolute Gasteiger partial charge is 0.373 e. The second kappa shape index (κ2) is 30.0. The Hall–Kier alpha value is -7.20. The van der Waals surface area contributed by atoms with E-state index in [0.29, 0.717) is 16.2 Å². The molecule has 4 rings (SSSR count). The van der Waals surface area contributed by atoms with Gasteiger partial charge in [-0.25, -0.2) is 0 Å². The fraction of sp³-hybridized carbons (Fsp3) is 0.540. The van der Waals surface area contributed by atoms with Gasteiger partial charge in [-0.15, -0.1) is 0 Å². The van der Waals surface area contributed by atoms with Crippen LogP contribution in [0.2, 0.25) is 0 Å². The van der Waals surface area contributed by atoms with E-state index in [1.54, 1.807) is 12.1 Å². The van der Waals surface area contributed by atoms with Crippen LogP contribution in [0.15, 0.2) is 42.5 Å². The number of nitrogens with zero attached hydrogens (tertiary/aromatic N) is 2. The van der Waals surface area contributed by atoms with Gasteiger partial charge in [-0.2, -0.15) is 9.59 Å². The third-order valence-corrected chi connectivity index (χ3v) is 11.9. The standard InChI is InChI=1S/C49H64N6O15.CO2/c1-6-9-33(50)26-32-12-13-39-34(27-32)53-48(66)28(2)24-37(58)30(4)51-40(60)18-22-68-20-7-10-35(56)46(54-42(62)14-15-43(54)63)47(55-44(64)16-17-45(55)65)36(57)11-8-21-69-23-19-41(61)52-31(5)38(59)25-29(3)49(67)70-39;2-1-3/h12-17,27-31,33,46-47H,6-11,18-26,50H2,1-5H3,(H,51,60)(H,52,61)(H,53,66);/p+1/t28?,29?,30?,31?,33-,46?,47?;/m1./s1. The SMILES string of the molecule is CCC[C@@H]([NH3+])Cc1ccc2c(c1)NC(=O)C(C)CC(=O)C(C)NC(=O)CCOCCCC(=O)C(N1C(=O)C=CC1=O)C(N1C(=O)C=CC1=O)C(=O)CCCOCCC(=O)NC(C)C(=O)CC(C)C(=O)O2.O=C=O. The van der Waals surface area contributed by atoms with Crippen LogP contribution in [0.4, 0.5) is 5.69 Å². The summed E-state index contributed by atoms with van der Waals surface area (Å²) in [5, 5.41) is 7.92. The van der Waals surface area contributed by atoms with Crippen molar-refractivity contribution in [1.29, 1.82) is 0 Å². The van der Waals surface area contributed by atoms with Gasteiger partial charge in [0.2, 0.25) is 17.7 Å². The van der Waals surface area contributed by atoms with Gasteiger partial charge in [-0.3, -0.25) is 67.3 Å². The number of carbonyl (C=O) groups is 12. The van der Waals surface area contributed by atoms with Gasteiger partial charge in [-0.1, -0.05) is 33.3 Å². The summed E-state index contributed by atoms with van der Waals surface area (Å²) in [5.74, 6) is -10.6. The predicted molar refractivity (Wildman–Crippen MR) is 253 cm³/mol. The van der Waals surface area contributed by atoms with Gasteiger partial charge in [-0.05, 0) is 50.8 Å². The second-order valence-corrected chi connectivity index (χ2v) is 17.9. The van der Waals surface area contributed by atoms with E-state index in [2.05, 4.69) is 21.7 Å². The molecule has 7 atom stereocenters. The van der Waals surface area contributed by atoms with Crippen molar-refractivity contribution in [2.75, 3.05) is 31.7 Å². The van der Waals surface area contributed by atoms with Gasteiger partial charge in [0, 0.05) is 88.4 Å². The molecule has 1 aromatic rings. The Kier molecular flexibility index (Phi) is 24.7. The summed E-state index contributed by atoms with van der Waals surface area (Å²) in [6, 6.07) is -0.754. The highest BCUT2D eigenvalue weighted by molar-refractivity contribution is 6.19. The van der Waals surface area contributed by atoms with Crippen molar-refractivity contribution in [3.05, 3.63) is 48.1 Å². The van der Waals surface area contributed by atoms with Crippen LogP contribution in [-0.2, 0) is 83.0 Å². The van der Waals surface area contributed by atoms with Crippen LogP contribution in [-0.4, -0.2) is 143 Å². The number of hydrogen-bond acceptors (Lipinski definition) is 17. The number of nitrogens with one attached hydrogen (secondary N) is 3. The van der Waals surface area contributed by atoms with Gasteiger partial charge in [0.15, 0.2) is 28.9 Å². The molecule has 0 fully saturated rings. The molecule has 23 nitrogen and oxygen atoms in total. The molecule has 396 valence electrons. The monoisotopic (exact) mass is 1020 g/mol. The van der Waals surface area contributed by atoms with Crippen molar-refractivity contribution in [2.24, 2.45) is 11.8 Å². The first-order valence-corrected chi connectivity index (χ1v) is 24.1. The third-order valence-electron chi connectivity index (χ3n) is 11.9. The lowest BCUT2D eigenvalue weighted by molar-refractivity contribution is -0.420. The highest BCUT2D eigenvalue weighted by Crippen LogP contribution is 2.29. The number of Topliss-reactive ketones (excluding diaryl/α,β-unsaturated/α-hetero) is 4. The van der Waals surface area contributed by atoms with Crippen LogP contribution in [0.25, 0.3) is 0 Å². The molecule has 0 saturated heterocycles. The molecule has 3 aliphatic rings. The van der Waals surface area contributed by atoms with Gasteiger partial charge < -0.3 is 35.9 Å². The number of rotatable bonds is 6. The van der Waals surface area contributed by atoms with Gasteiger partial charge in [0.1, 0.15) is 12.1 Å². The number of quaternary nitrogens is 1. The molecule has 0 spiro atoms. The van der Waals surface area contributed by atoms with E-state index in [0.717, 1.165) is 42.7 Å². The summed E-state index contributed by atoms with van der Waals surface area (Å²) in [4.78, 5) is 176. The Bertz CT molecular complexity index is 2320. The minimum Gasteiger partial charge on any atom is -0.424 e. The topological polar surface area (TPSA) is 337 Å². The highest BCUT2D eigenvalue weighted by atomic mass is 16.5. The van der Waals surface area contributed by atoms with Crippen LogP contribution in [0.5, 0.6) is 5.75 Å². The lowest BCUT2D eigenvalue weighted by Gasteiger charge is -2.35. The summed E-state index contributed by atoms with van der Waals surface area (Å²) >= 11 is 0. The van der Waals surface area contributed by atoms with E-state index in [1.165, 1.54) is 33.8 Å². The Balaban J connectivity index is 0.00000457. The molecule has 6 unspecified atom stereocenters. The summed E-state index contributed by atoms with van der Waals surface area (Å²) in [5.41, 5.74) is 5.17. The lowest BCUT2D eigenvalue weighted by Crippen LogP contribution is -2.61. The molecule has 0 aliphatic carbocycles. The van der Waals surface area contributed by atoms with Crippen molar-refractivity contribution in [1.82, 2.24) is 20.4 Å².